The van der Waals surface area contributed by atoms with E-state index < -0.39 is 0 Å². The van der Waals surface area contributed by atoms with Crippen LogP contribution in [0.5, 0.6) is 0 Å². The molecular formula is C9H12ClNO. The predicted octanol–water partition coefficient (Wildman–Crippen LogP) is 2.10. The lowest BCUT2D eigenvalue weighted by Gasteiger charge is -2.02. The maximum absolute atomic E-state index is 8.39. The van der Waals surface area contributed by atoms with Gasteiger partial charge in [-0.3, -0.25) is 0 Å². The summed E-state index contributed by atoms with van der Waals surface area (Å²) in [5, 5.41) is 8.39. The first-order chi connectivity index (χ1) is 5.34. The van der Waals surface area contributed by atoms with Crippen LogP contribution in [0.15, 0.2) is 36.9 Å². The van der Waals surface area contributed by atoms with Crippen LogP contribution in [0.4, 0.5) is 0 Å². The Morgan fingerprint density at radius 3 is 2.42 bits per heavy atom. The summed E-state index contributed by atoms with van der Waals surface area (Å²) in [6, 6.07) is 9.75. The summed E-state index contributed by atoms with van der Waals surface area (Å²) in [7, 11) is 0. The summed E-state index contributed by atoms with van der Waals surface area (Å²) < 4.78 is 0. The number of hydrogen-bond acceptors (Lipinski definition) is 2. The zero-order chi connectivity index (χ0) is 8.10. The molecule has 1 aromatic carbocycles. The van der Waals surface area contributed by atoms with Crippen LogP contribution in [-0.4, -0.2) is 11.8 Å². The average molecular weight is 186 g/mol. The fourth-order valence-electron chi connectivity index (χ4n) is 0.871. The van der Waals surface area contributed by atoms with Crippen molar-refractivity contribution in [3.63, 3.8) is 0 Å². The number of rotatable bonds is 3. The minimum Gasteiger partial charge on any atom is -0.316 e. The van der Waals surface area contributed by atoms with Crippen LogP contribution in [0.2, 0.25) is 0 Å². The average Bonchev–Trinajstić information content (AvgIpc) is 2.07. The minimum absolute atomic E-state index is 0. The highest BCUT2D eigenvalue weighted by atomic mass is 35.5. The fraction of sp³-hybridized carbons (Fsp3) is 0.111. The minimum atomic E-state index is 0. The van der Waals surface area contributed by atoms with Crippen LogP contribution in [0.3, 0.4) is 0 Å². The number of hydrogen-bond donors (Lipinski definition) is 2. The summed E-state index contributed by atoms with van der Waals surface area (Å²) in [5.74, 6) is 0. The molecule has 0 heterocycles. The molecule has 1 rings (SSSR count). The lowest BCUT2D eigenvalue weighted by Crippen LogP contribution is -2.09. The predicted molar refractivity (Wildman–Crippen MR) is 52.5 cm³/mol. The van der Waals surface area contributed by atoms with Crippen LogP contribution in [0.25, 0.3) is 5.57 Å². The highest BCUT2D eigenvalue weighted by Gasteiger charge is 1.94. The van der Waals surface area contributed by atoms with Gasteiger partial charge in [0.15, 0.2) is 0 Å². The molecule has 0 amide bonds. The Kier molecular flexibility index (Phi) is 5.37. The Morgan fingerprint density at radius 1 is 1.33 bits per heavy atom. The Labute approximate surface area is 78.3 Å². The van der Waals surface area contributed by atoms with Crippen molar-refractivity contribution in [2.45, 2.75) is 0 Å². The molecule has 1 aromatic rings. The summed E-state index contributed by atoms with van der Waals surface area (Å²) >= 11 is 0. The van der Waals surface area contributed by atoms with Gasteiger partial charge in [0, 0.05) is 6.54 Å². The number of halogens is 1. The summed E-state index contributed by atoms with van der Waals surface area (Å²) in [5.41, 5.74) is 4.00. The zero-order valence-electron chi connectivity index (χ0n) is 6.66. The van der Waals surface area contributed by atoms with Crippen LogP contribution in [-0.2, 0) is 0 Å². The van der Waals surface area contributed by atoms with Gasteiger partial charge in [0.1, 0.15) is 0 Å². The quantitative estimate of drug-likeness (QED) is 0.707. The van der Waals surface area contributed by atoms with Crippen LogP contribution >= 0.6 is 12.4 Å². The Balaban J connectivity index is 0.00000121. The van der Waals surface area contributed by atoms with Gasteiger partial charge in [0.05, 0.1) is 0 Å². The van der Waals surface area contributed by atoms with Gasteiger partial charge in [-0.1, -0.05) is 36.9 Å². The highest BCUT2D eigenvalue weighted by molar-refractivity contribution is 5.85. The summed E-state index contributed by atoms with van der Waals surface area (Å²) in [4.78, 5) is 0. The second-order valence-electron chi connectivity index (χ2n) is 2.30. The van der Waals surface area contributed by atoms with Crippen molar-refractivity contribution in [3.05, 3.63) is 42.5 Å². The van der Waals surface area contributed by atoms with E-state index in [-0.39, 0.29) is 12.4 Å². The van der Waals surface area contributed by atoms with E-state index in [1.165, 1.54) is 0 Å². The lowest BCUT2D eigenvalue weighted by atomic mass is 10.1. The molecule has 0 atom stereocenters. The van der Waals surface area contributed by atoms with Crippen molar-refractivity contribution in [3.8, 4) is 0 Å². The third kappa shape index (κ3) is 3.05. The van der Waals surface area contributed by atoms with E-state index in [1.807, 2.05) is 30.3 Å². The van der Waals surface area contributed by atoms with E-state index in [9.17, 15) is 0 Å². The van der Waals surface area contributed by atoms with Crippen molar-refractivity contribution in [1.29, 1.82) is 0 Å². The molecule has 0 aliphatic rings. The van der Waals surface area contributed by atoms with Gasteiger partial charge in [-0.2, -0.15) is 0 Å². The number of hydroxylamine groups is 1. The highest BCUT2D eigenvalue weighted by Crippen LogP contribution is 2.09. The molecule has 0 unspecified atom stereocenters. The smallest absolute Gasteiger partial charge is 0.0458 e. The molecular weight excluding hydrogens is 174 g/mol. The molecule has 12 heavy (non-hydrogen) atoms. The SMILES string of the molecule is C=C(CNO)c1ccccc1.Cl. The van der Waals surface area contributed by atoms with Gasteiger partial charge in [-0.15, -0.1) is 12.4 Å². The van der Waals surface area contributed by atoms with Crippen LogP contribution in [0, 0.1) is 0 Å². The fourth-order valence-corrected chi connectivity index (χ4v) is 0.871. The zero-order valence-corrected chi connectivity index (χ0v) is 7.47. The maximum atomic E-state index is 8.39. The first-order valence-corrected chi connectivity index (χ1v) is 3.44. The van der Waals surface area contributed by atoms with Crippen molar-refractivity contribution in [2.75, 3.05) is 6.54 Å². The molecule has 66 valence electrons. The standard InChI is InChI=1S/C9H11NO.ClH/c1-8(7-10-11)9-5-3-2-4-6-9;/h2-6,10-11H,1,7H2;1H. The monoisotopic (exact) mass is 185 g/mol. The summed E-state index contributed by atoms with van der Waals surface area (Å²) in [6.45, 7) is 4.20. The van der Waals surface area contributed by atoms with E-state index in [0.717, 1.165) is 11.1 Å². The largest absolute Gasteiger partial charge is 0.316 e. The molecule has 0 aromatic heterocycles. The molecule has 0 bridgehead atoms. The molecule has 0 saturated heterocycles. The van der Waals surface area contributed by atoms with E-state index in [0.29, 0.717) is 6.54 Å². The van der Waals surface area contributed by atoms with Gasteiger partial charge in [0.25, 0.3) is 0 Å². The first kappa shape index (κ1) is 11.2. The van der Waals surface area contributed by atoms with Gasteiger partial charge in [0.2, 0.25) is 0 Å². The second-order valence-corrected chi connectivity index (χ2v) is 2.30. The number of benzene rings is 1. The molecule has 0 spiro atoms. The van der Waals surface area contributed by atoms with E-state index in [1.54, 1.807) is 0 Å². The number of nitrogens with one attached hydrogen (secondary N) is 1. The molecule has 0 saturated carbocycles. The van der Waals surface area contributed by atoms with Crippen LogP contribution < -0.4 is 5.48 Å². The van der Waals surface area contributed by atoms with Crippen molar-refractivity contribution >= 4 is 18.0 Å². The maximum Gasteiger partial charge on any atom is 0.0458 e. The van der Waals surface area contributed by atoms with E-state index in [2.05, 4.69) is 12.1 Å². The lowest BCUT2D eigenvalue weighted by molar-refractivity contribution is 0.182. The molecule has 3 heteroatoms. The Morgan fingerprint density at radius 2 is 1.92 bits per heavy atom. The molecule has 0 fully saturated rings. The Hall–Kier alpha value is -0.830. The topological polar surface area (TPSA) is 32.3 Å². The third-order valence-corrected chi connectivity index (χ3v) is 1.47. The Bertz CT molecular complexity index is 236. The van der Waals surface area contributed by atoms with Gasteiger partial charge >= 0.3 is 0 Å². The molecule has 0 radical (unpaired) electrons. The van der Waals surface area contributed by atoms with Crippen LogP contribution in [0.1, 0.15) is 5.56 Å². The van der Waals surface area contributed by atoms with Gasteiger partial charge in [-0.05, 0) is 11.1 Å². The van der Waals surface area contributed by atoms with Gasteiger partial charge in [-0.25, -0.2) is 5.48 Å². The first-order valence-electron chi connectivity index (χ1n) is 3.44. The van der Waals surface area contributed by atoms with Crippen molar-refractivity contribution in [2.24, 2.45) is 0 Å². The molecule has 2 N–H and O–H groups in total. The normalized spacial score (nSPS) is 8.75. The molecule has 0 aliphatic heterocycles. The third-order valence-electron chi connectivity index (χ3n) is 1.47. The summed E-state index contributed by atoms with van der Waals surface area (Å²) in [6.07, 6.45) is 0. The molecule has 0 aliphatic carbocycles. The van der Waals surface area contributed by atoms with Crippen molar-refractivity contribution in [1.82, 2.24) is 5.48 Å². The second kappa shape index (κ2) is 5.77. The van der Waals surface area contributed by atoms with Gasteiger partial charge < -0.3 is 5.21 Å². The van der Waals surface area contributed by atoms with E-state index >= 15 is 0 Å². The van der Waals surface area contributed by atoms with Crippen molar-refractivity contribution < 1.29 is 5.21 Å². The van der Waals surface area contributed by atoms with E-state index in [4.69, 9.17) is 5.21 Å². The molecule has 2 nitrogen and oxygen atoms in total.